The summed E-state index contributed by atoms with van der Waals surface area (Å²) < 4.78 is 0. The third-order valence-corrected chi connectivity index (χ3v) is 3.06. The Morgan fingerprint density at radius 3 is 2.83 bits per heavy atom. The van der Waals surface area contributed by atoms with Gasteiger partial charge in [0, 0.05) is 13.1 Å². The van der Waals surface area contributed by atoms with Crippen molar-refractivity contribution in [1.82, 2.24) is 4.90 Å². The molecule has 4 nitrogen and oxygen atoms in total. The fourth-order valence-corrected chi connectivity index (χ4v) is 1.82. The maximum Gasteiger partial charge on any atom is 0.255 e. The number of carbonyl (C=O) groups excluding carboxylic acids is 1. The zero-order chi connectivity index (χ0) is 13.7. The Balaban J connectivity index is 2.97. The molecule has 1 unspecified atom stereocenters. The van der Waals surface area contributed by atoms with E-state index in [-0.39, 0.29) is 16.8 Å². The van der Waals surface area contributed by atoms with Crippen LogP contribution in [-0.4, -0.2) is 23.9 Å². The lowest BCUT2D eigenvalue weighted by atomic mass is 10.1. The number of rotatable bonds is 4. The number of nitrogen functional groups attached to an aromatic ring is 1. The quantitative estimate of drug-likeness (QED) is 0.851. The Morgan fingerprint density at radius 2 is 2.28 bits per heavy atom. The number of halogens is 1. The van der Waals surface area contributed by atoms with Gasteiger partial charge in [0.2, 0.25) is 0 Å². The van der Waals surface area contributed by atoms with Gasteiger partial charge in [0.15, 0.2) is 0 Å². The third-order valence-electron chi connectivity index (χ3n) is 2.64. The van der Waals surface area contributed by atoms with Crippen molar-refractivity contribution in [1.29, 1.82) is 5.26 Å². The summed E-state index contributed by atoms with van der Waals surface area (Å²) in [7, 11) is 0. The molecule has 0 bridgehead atoms. The molecule has 18 heavy (non-hydrogen) atoms. The predicted molar refractivity (Wildman–Crippen MR) is 72.2 cm³/mol. The van der Waals surface area contributed by atoms with E-state index in [4.69, 9.17) is 22.6 Å². The first-order chi connectivity index (χ1) is 8.51. The largest absolute Gasteiger partial charge is 0.398 e. The summed E-state index contributed by atoms with van der Waals surface area (Å²) in [6.45, 7) is 4.55. The lowest BCUT2D eigenvalue weighted by Gasteiger charge is -2.22. The maximum atomic E-state index is 12.3. The summed E-state index contributed by atoms with van der Waals surface area (Å²) in [5, 5.41) is 9.07. The van der Waals surface area contributed by atoms with E-state index in [9.17, 15) is 4.79 Å². The number of nitrogens with zero attached hydrogens (tertiary/aromatic N) is 2. The molecule has 1 aromatic carbocycles. The standard InChI is InChI=1S/C13H16ClN3O/c1-3-17(8-9(2)7-15)13(18)10-5-4-6-11(16)12(10)14/h4-6,9H,3,8,16H2,1-2H3. The van der Waals surface area contributed by atoms with E-state index in [1.54, 1.807) is 30.0 Å². The van der Waals surface area contributed by atoms with Crippen molar-refractivity contribution in [2.24, 2.45) is 5.92 Å². The number of amides is 1. The highest BCUT2D eigenvalue weighted by molar-refractivity contribution is 6.36. The van der Waals surface area contributed by atoms with Gasteiger partial charge in [0.25, 0.3) is 5.91 Å². The normalized spacial score (nSPS) is 11.7. The minimum atomic E-state index is -0.214. The van der Waals surface area contributed by atoms with Gasteiger partial charge in [-0.3, -0.25) is 4.79 Å². The van der Waals surface area contributed by atoms with Gasteiger partial charge in [0.05, 0.1) is 28.3 Å². The van der Waals surface area contributed by atoms with Crippen LogP contribution in [0.15, 0.2) is 18.2 Å². The molecule has 0 saturated carbocycles. The van der Waals surface area contributed by atoms with Crippen molar-refractivity contribution in [2.75, 3.05) is 18.8 Å². The molecule has 0 aliphatic heterocycles. The second kappa shape index (κ2) is 6.27. The summed E-state index contributed by atoms with van der Waals surface area (Å²) in [4.78, 5) is 13.9. The minimum absolute atomic E-state index is 0.197. The van der Waals surface area contributed by atoms with Gasteiger partial charge in [0.1, 0.15) is 0 Å². The maximum absolute atomic E-state index is 12.3. The Labute approximate surface area is 112 Å². The fourth-order valence-electron chi connectivity index (χ4n) is 1.61. The molecule has 0 spiro atoms. The van der Waals surface area contributed by atoms with Gasteiger partial charge in [-0.25, -0.2) is 0 Å². The molecule has 0 heterocycles. The molecule has 0 radical (unpaired) electrons. The molecule has 0 aliphatic carbocycles. The topological polar surface area (TPSA) is 70.1 Å². The Hall–Kier alpha value is -1.73. The van der Waals surface area contributed by atoms with Gasteiger partial charge in [-0.1, -0.05) is 17.7 Å². The van der Waals surface area contributed by atoms with Gasteiger partial charge in [-0.2, -0.15) is 5.26 Å². The van der Waals surface area contributed by atoms with Crippen LogP contribution in [0.2, 0.25) is 5.02 Å². The first-order valence-electron chi connectivity index (χ1n) is 5.74. The molecule has 1 atom stereocenters. The molecule has 0 saturated heterocycles. The van der Waals surface area contributed by atoms with Crippen molar-refractivity contribution >= 4 is 23.2 Å². The molecule has 96 valence electrons. The summed E-state index contributed by atoms with van der Waals surface area (Å²) in [5.74, 6) is -0.411. The van der Waals surface area contributed by atoms with E-state index in [0.29, 0.717) is 24.3 Å². The van der Waals surface area contributed by atoms with Crippen LogP contribution in [0.4, 0.5) is 5.69 Å². The fraction of sp³-hybridized carbons (Fsp3) is 0.385. The van der Waals surface area contributed by atoms with E-state index in [1.165, 1.54) is 0 Å². The van der Waals surface area contributed by atoms with E-state index in [2.05, 4.69) is 6.07 Å². The van der Waals surface area contributed by atoms with Crippen molar-refractivity contribution in [3.05, 3.63) is 28.8 Å². The number of nitrogens with two attached hydrogens (primary N) is 1. The monoisotopic (exact) mass is 265 g/mol. The summed E-state index contributed by atoms with van der Waals surface area (Å²) in [5.41, 5.74) is 6.43. The molecule has 5 heteroatoms. The molecule has 1 aromatic rings. The summed E-state index contributed by atoms with van der Waals surface area (Å²) in [6.07, 6.45) is 0. The highest BCUT2D eigenvalue weighted by atomic mass is 35.5. The van der Waals surface area contributed by atoms with Gasteiger partial charge in [-0.15, -0.1) is 0 Å². The number of hydrogen-bond acceptors (Lipinski definition) is 3. The van der Waals surface area contributed by atoms with E-state index in [0.717, 1.165) is 0 Å². The van der Waals surface area contributed by atoms with Crippen LogP contribution in [-0.2, 0) is 0 Å². The molecule has 0 aliphatic rings. The average molecular weight is 266 g/mol. The molecule has 0 aromatic heterocycles. The number of carbonyl (C=O) groups is 1. The Morgan fingerprint density at radius 1 is 1.61 bits per heavy atom. The summed E-state index contributed by atoms with van der Waals surface area (Å²) >= 11 is 6.02. The van der Waals surface area contributed by atoms with Crippen molar-refractivity contribution in [3.8, 4) is 6.07 Å². The molecule has 1 amide bonds. The first-order valence-corrected chi connectivity index (χ1v) is 6.11. The third kappa shape index (κ3) is 3.14. The van der Waals surface area contributed by atoms with E-state index < -0.39 is 0 Å². The second-order valence-corrected chi connectivity index (χ2v) is 4.46. The van der Waals surface area contributed by atoms with Crippen molar-refractivity contribution < 1.29 is 4.79 Å². The molecular formula is C13H16ClN3O. The lowest BCUT2D eigenvalue weighted by Crippen LogP contribution is -2.34. The van der Waals surface area contributed by atoms with Crippen LogP contribution in [0.1, 0.15) is 24.2 Å². The number of hydrogen-bond donors (Lipinski definition) is 1. The molecular weight excluding hydrogens is 250 g/mol. The van der Waals surface area contributed by atoms with Crippen LogP contribution < -0.4 is 5.73 Å². The van der Waals surface area contributed by atoms with Crippen molar-refractivity contribution in [2.45, 2.75) is 13.8 Å². The SMILES string of the molecule is CCN(CC(C)C#N)C(=O)c1cccc(N)c1Cl. The zero-order valence-corrected chi connectivity index (χ0v) is 11.2. The van der Waals surface area contributed by atoms with Gasteiger partial charge >= 0.3 is 0 Å². The van der Waals surface area contributed by atoms with Crippen LogP contribution >= 0.6 is 11.6 Å². The summed E-state index contributed by atoms with van der Waals surface area (Å²) in [6, 6.07) is 7.09. The van der Waals surface area contributed by atoms with Crippen LogP contribution in [0.25, 0.3) is 0 Å². The van der Waals surface area contributed by atoms with Crippen LogP contribution in [0.5, 0.6) is 0 Å². The average Bonchev–Trinajstić information content (AvgIpc) is 2.38. The zero-order valence-electron chi connectivity index (χ0n) is 10.5. The molecule has 1 rings (SSSR count). The predicted octanol–water partition coefficient (Wildman–Crippen LogP) is 2.54. The molecule has 0 fully saturated rings. The number of anilines is 1. The highest BCUT2D eigenvalue weighted by Gasteiger charge is 2.19. The van der Waals surface area contributed by atoms with Crippen LogP contribution in [0.3, 0.4) is 0 Å². The smallest absolute Gasteiger partial charge is 0.255 e. The number of nitriles is 1. The molecule has 2 N–H and O–H groups in total. The van der Waals surface area contributed by atoms with Gasteiger partial charge < -0.3 is 10.6 Å². The Kier molecular flexibility index (Phi) is 4.99. The minimum Gasteiger partial charge on any atom is -0.398 e. The van der Waals surface area contributed by atoms with Gasteiger partial charge in [-0.05, 0) is 26.0 Å². The van der Waals surface area contributed by atoms with Crippen molar-refractivity contribution in [3.63, 3.8) is 0 Å². The number of benzene rings is 1. The Bertz CT molecular complexity index is 482. The van der Waals surface area contributed by atoms with E-state index in [1.807, 2.05) is 6.92 Å². The second-order valence-electron chi connectivity index (χ2n) is 4.08. The van der Waals surface area contributed by atoms with Crippen LogP contribution in [0, 0.1) is 17.2 Å². The lowest BCUT2D eigenvalue weighted by molar-refractivity contribution is 0.0753. The highest BCUT2D eigenvalue weighted by Crippen LogP contribution is 2.24. The van der Waals surface area contributed by atoms with E-state index >= 15 is 0 Å². The first kappa shape index (κ1) is 14.3.